The Hall–Kier alpha value is -2.76. The molecule has 1 aromatic heterocycles. The molecule has 0 radical (unpaired) electrons. The van der Waals surface area contributed by atoms with Gasteiger partial charge in [-0.25, -0.2) is 13.8 Å². The number of nitrogens with one attached hydrogen (secondary N) is 2. The minimum atomic E-state index is -1.01. The monoisotopic (exact) mass is 357 g/mol. The summed E-state index contributed by atoms with van der Waals surface area (Å²) >= 11 is 0. The van der Waals surface area contributed by atoms with E-state index in [0.29, 0.717) is 0 Å². The Morgan fingerprint density at radius 1 is 1.08 bits per heavy atom. The molecule has 4 nitrogen and oxygen atoms in total. The minimum absolute atomic E-state index is 0.179. The Kier molecular flexibility index (Phi) is 5.94. The molecule has 6 heteroatoms. The van der Waals surface area contributed by atoms with Gasteiger partial charge in [0, 0.05) is 18.3 Å². The molecule has 0 aliphatic heterocycles. The summed E-state index contributed by atoms with van der Waals surface area (Å²) in [7, 11) is 0. The highest BCUT2D eigenvalue weighted by atomic mass is 19.2. The molecule has 1 aliphatic rings. The van der Waals surface area contributed by atoms with Gasteiger partial charge in [-0.05, 0) is 56.4 Å². The average molecular weight is 357 g/mol. The predicted molar refractivity (Wildman–Crippen MR) is 98.2 cm³/mol. The fourth-order valence-corrected chi connectivity index (χ4v) is 2.90. The highest BCUT2D eigenvalue weighted by Crippen LogP contribution is 2.20. The number of pyridine rings is 1. The highest BCUT2D eigenvalue weighted by Gasteiger charge is 2.10. The SMILES string of the molecule is O=C(Nc1ccc(F)c(F)c1)c1ccc(NCCC2=CCCCC2)cn1. The third-order valence-corrected chi connectivity index (χ3v) is 4.33. The number of allylic oxidation sites excluding steroid dienone is 1. The Balaban J connectivity index is 1.52. The van der Waals surface area contributed by atoms with E-state index in [0.717, 1.165) is 30.8 Å². The van der Waals surface area contributed by atoms with Gasteiger partial charge in [0.2, 0.25) is 0 Å². The van der Waals surface area contributed by atoms with E-state index in [1.54, 1.807) is 18.3 Å². The van der Waals surface area contributed by atoms with Crippen molar-refractivity contribution in [3.8, 4) is 0 Å². The summed E-state index contributed by atoms with van der Waals surface area (Å²) in [5.74, 6) is -2.45. The summed E-state index contributed by atoms with van der Waals surface area (Å²) in [6, 6.07) is 6.57. The Bertz CT molecular complexity index is 803. The van der Waals surface area contributed by atoms with Gasteiger partial charge in [0.1, 0.15) is 5.69 Å². The zero-order valence-corrected chi connectivity index (χ0v) is 14.4. The maximum absolute atomic E-state index is 13.2. The van der Waals surface area contributed by atoms with Gasteiger partial charge in [-0.2, -0.15) is 0 Å². The topological polar surface area (TPSA) is 54.0 Å². The van der Waals surface area contributed by atoms with Crippen molar-refractivity contribution in [3.63, 3.8) is 0 Å². The molecule has 1 aromatic carbocycles. The van der Waals surface area contributed by atoms with Crippen molar-refractivity contribution in [2.75, 3.05) is 17.2 Å². The predicted octanol–water partition coefficient (Wildman–Crippen LogP) is 4.91. The van der Waals surface area contributed by atoms with Crippen molar-refractivity contribution < 1.29 is 13.6 Å². The van der Waals surface area contributed by atoms with Gasteiger partial charge in [-0.3, -0.25) is 4.79 Å². The number of halogens is 2. The van der Waals surface area contributed by atoms with Gasteiger partial charge in [-0.1, -0.05) is 11.6 Å². The Morgan fingerprint density at radius 3 is 2.62 bits per heavy atom. The largest absolute Gasteiger partial charge is 0.383 e. The van der Waals surface area contributed by atoms with Crippen LogP contribution in [0.2, 0.25) is 0 Å². The molecule has 136 valence electrons. The summed E-state index contributed by atoms with van der Waals surface area (Å²) in [6.45, 7) is 0.827. The second kappa shape index (κ2) is 8.56. The molecule has 0 bridgehead atoms. The normalized spacial score (nSPS) is 13.8. The number of hydrogen-bond acceptors (Lipinski definition) is 3. The molecule has 0 unspecified atom stereocenters. The number of nitrogens with zero attached hydrogens (tertiary/aromatic N) is 1. The van der Waals surface area contributed by atoms with E-state index >= 15 is 0 Å². The number of aromatic nitrogens is 1. The molecule has 2 N–H and O–H groups in total. The van der Waals surface area contributed by atoms with Crippen molar-refractivity contribution >= 4 is 17.3 Å². The van der Waals surface area contributed by atoms with Crippen LogP contribution in [-0.4, -0.2) is 17.4 Å². The zero-order valence-electron chi connectivity index (χ0n) is 14.4. The first-order chi connectivity index (χ1) is 12.6. The van der Waals surface area contributed by atoms with E-state index in [9.17, 15) is 13.6 Å². The van der Waals surface area contributed by atoms with Crippen molar-refractivity contribution in [2.24, 2.45) is 0 Å². The molecule has 0 fully saturated rings. The lowest BCUT2D eigenvalue weighted by Crippen LogP contribution is -2.14. The van der Waals surface area contributed by atoms with E-state index in [4.69, 9.17) is 0 Å². The van der Waals surface area contributed by atoms with Gasteiger partial charge in [0.15, 0.2) is 11.6 Å². The van der Waals surface area contributed by atoms with E-state index in [-0.39, 0.29) is 11.4 Å². The van der Waals surface area contributed by atoms with Gasteiger partial charge in [0.25, 0.3) is 5.91 Å². The molecule has 26 heavy (non-hydrogen) atoms. The highest BCUT2D eigenvalue weighted by molar-refractivity contribution is 6.02. The van der Waals surface area contributed by atoms with Crippen LogP contribution in [0.15, 0.2) is 48.2 Å². The van der Waals surface area contributed by atoms with Gasteiger partial charge < -0.3 is 10.6 Å². The first-order valence-electron chi connectivity index (χ1n) is 8.76. The first kappa shape index (κ1) is 18.0. The third kappa shape index (κ3) is 4.88. The van der Waals surface area contributed by atoms with Crippen LogP contribution in [0.3, 0.4) is 0 Å². The maximum atomic E-state index is 13.2. The standard InChI is InChI=1S/C20H21F2N3O/c21-17-8-6-15(12-18(17)22)25-20(26)19-9-7-16(13-24-19)23-11-10-14-4-2-1-3-5-14/h4,6-9,12-13,23H,1-3,5,10-11H2,(H,25,26). The van der Waals surface area contributed by atoms with Crippen LogP contribution in [0, 0.1) is 11.6 Å². The zero-order chi connectivity index (χ0) is 18.4. The Labute approximate surface area is 151 Å². The van der Waals surface area contributed by atoms with Crippen molar-refractivity contribution in [3.05, 3.63) is 65.5 Å². The summed E-state index contributed by atoms with van der Waals surface area (Å²) in [6.07, 6.45) is 9.86. The van der Waals surface area contributed by atoms with Crippen LogP contribution < -0.4 is 10.6 Å². The second-order valence-electron chi connectivity index (χ2n) is 6.30. The lowest BCUT2D eigenvalue weighted by atomic mass is 9.97. The molecular weight excluding hydrogens is 336 g/mol. The first-order valence-corrected chi connectivity index (χ1v) is 8.76. The Morgan fingerprint density at radius 2 is 1.92 bits per heavy atom. The quantitative estimate of drug-likeness (QED) is 0.722. The van der Waals surface area contributed by atoms with E-state index in [2.05, 4.69) is 21.7 Å². The molecule has 3 rings (SSSR count). The number of hydrogen-bond donors (Lipinski definition) is 2. The number of carbonyl (C=O) groups is 1. The number of carbonyl (C=O) groups excluding carboxylic acids is 1. The van der Waals surface area contributed by atoms with E-state index in [1.807, 2.05) is 0 Å². The number of benzene rings is 1. The van der Waals surface area contributed by atoms with Crippen LogP contribution in [0.1, 0.15) is 42.6 Å². The van der Waals surface area contributed by atoms with E-state index < -0.39 is 17.5 Å². The van der Waals surface area contributed by atoms with Gasteiger partial charge in [-0.15, -0.1) is 0 Å². The molecule has 1 aliphatic carbocycles. The van der Waals surface area contributed by atoms with Crippen LogP contribution in [0.25, 0.3) is 0 Å². The van der Waals surface area contributed by atoms with Crippen molar-refractivity contribution in [1.29, 1.82) is 0 Å². The van der Waals surface area contributed by atoms with Crippen LogP contribution in [-0.2, 0) is 0 Å². The molecule has 0 saturated heterocycles. The van der Waals surface area contributed by atoms with Crippen LogP contribution in [0.4, 0.5) is 20.2 Å². The van der Waals surface area contributed by atoms with Crippen LogP contribution in [0.5, 0.6) is 0 Å². The molecule has 2 aromatic rings. The molecule has 1 heterocycles. The lowest BCUT2D eigenvalue weighted by molar-refractivity contribution is 0.102. The second-order valence-corrected chi connectivity index (χ2v) is 6.30. The molecular formula is C20H21F2N3O. The smallest absolute Gasteiger partial charge is 0.274 e. The lowest BCUT2D eigenvalue weighted by Gasteiger charge is -2.13. The fraction of sp³-hybridized carbons (Fsp3) is 0.300. The summed E-state index contributed by atoms with van der Waals surface area (Å²) in [5, 5.41) is 5.79. The van der Waals surface area contributed by atoms with Crippen LogP contribution >= 0.6 is 0 Å². The average Bonchev–Trinajstić information content (AvgIpc) is 2.66. The molecule has 0 spiro atoms. The number of rotatable bonds is 6. The van der Waals surface area contributed by atoms with Gasteiger partial charge >= 0.3 is 0 Å². The fourth-order valence-electron chi connectivity index (χ4n) is 2.90. The number of amides is 1. The molecule has 0 saturated carbocycles. The summed E-state index contributed by atoms with van der Waals surface area (Å²) < 4.78 is 26.1. The number of anilines is 2. The van der Waals surface area contributed by atoms with Gasteiger partial charge in [0.05, 0.1) is 11.9 Å². The van der Waals surface area contributed by atoms with Crippen molar-refractivity contribution in [1.82, 2.24) is 4.98 Å². The molecule has 1 amide bonds. The third-order valence-electron chi connectivity index (χ3n) is 4.33. The van der Waals surface area contributed by atoms with E-state index in [1.165, 1.54) is 37.3 Å². The summed E-state index contributed by atoms with van der Waals surface area (Å²) in [4.78, 5) is 16.2. The molecule has 0 atom stereocenters. The maximum Gasteiger partial charge on any atom is 0.274 e. The summed E-state index contributed by atoms with van der Waals surface area (Å²) in [5.41, 5.74) is 2.72. The van der Waals surface area contributed by atoms with Crippen molar-refractivity contribution in [2.45, 2.75) is 32.1 Å². The minimum Gasteiger partial charge on any atom is -0.383 e.